The molecule has 32 heavy (non-hydrogen) atoms. The molecule has 0 saturated carbocycles. The lowest BCUT2D eigenvalue weighted by atomic mass is 10.2. The van der Waals surface area contributed by atoms with E-state index in [1.165, 1.54) is 29.7 Å². The predicted molar refractivity (Wildman–Crippen MR) is 133 cm³/mol. The van der Waals surface area contributed by atoms with E-state index >= 15 is 0 Å². The van der Waals surface area contributed by atoms with Crippen LogP contribution in [-0.2, 0) is 10.0 Å². The first-order valence-corrected chi connectivity index (χ1v) is 12.9. The van der Waals surface area contributed by atoms with E-state index in [0.29, 0.717) is 23.6 Å². The van der Waals surface area contributed by atoms with Crippen molar-refractivity contribution in [3.63, 3.8) is 0 Å². The minimum absolute atomic E-state index is 0.0629. The summed E-state index contributed by atoms with van der Waals surface area (Å²) in [5, 5.41) is 7.49. The highest BCUT2D eigenvalue weighted by Crippen LogP contribution is 2.24. The summed E-state index contributed by atoms with van der Waals surface area (Å²) in [6, 6.07) is 11.1. The molecule has 12 heteroatoms. The number of halogens is 1. The Morgan fingerprint density at radius 3 is 2.62 bits per heavy atom. The molecule has 0 saturated heterocycles. The second-order valence-electron chi connectivity index (χ2n) is 6.36. The van der Waals surface area contributed by atoms with E-state index in [1.807, 2.05) is 6.92 Å². The molecule has 2 aromatic carbocycles. The van der Waals surface area contributed by atoms with Crippen LogP contribution >= 0.6 is 39.5 Å². The van der Waals surface area contributed by atoms with Crippen molar-refractivity contribution in [1.82, 2.24) is 10.3 Å². The second kappa shape index (κ2) is 10.9. The largest absolute Gasteiger partial charge is 0.493 e. The fourth-order valence-corrected chi connectivity index (χ4v) is 4.88. The Balaban J connectivity index is 1.64. The molecule has 0 unspecified atom stereocenters. The van der Waals surface area contributed by atoms with E-state index in [4.69, 9.17) is 17.0 Å². The maximum absolute atomic E-state index is 12.7. The molecule has 0 aliphatic rings. The average molecular weight is 556 g/mol. The number of amides is 1. The van der Waals surface area contributed by atoms with Crippen molar-refractivity contribution in [1.29, 1.82) is 0 Å². The smallest absolute Gasteiger partial charge is 0.263 e. The summed E-state index contributed by atoms with van der Waals surface area (Å²) in [5.41, 5.74) is 0.854. The quantitative estimate of drug-likeness (QED) is 0.348. The van der Waals surface area contributed by atoms with Crippen molar-refractivity contribution in [3.05, 3.63) is 64.1 Å². The Labute approximate surface area is 203 Å². The molecule has 1 heterocycles. The summed E-state index contributed by atoms with van der Waals surface area (Å²) in [7, 11) is -3.75. The van der Waals surface area contributed by atoms with Crippen LogP contribution in [-0.4, -0.2) is 31.0 Å². The van der Waals surface area contributed by atoms with Gasteiger partial charge in [-0.1, -0.05) is 22.9 Å². The highest BCUT2D eigenvalue weighted by Gasteiger charge is 2.17. The number of hydrogen-bond donors (Lipinski definition) is 3. The third-order valence-electron chi connectivity index (χ3n) is 3.95. The lowest BCUT2D eigenvalue weighted by Crippen LogP contribution is -2.34. The Hall–Kier alpha value is -2.54. The molecule has 0 fully saturated rings. The maximum atomic E-state index is 12.7. The lowest BCUT2D eigenvalue weighted by Gasteiger charge is -2.13. The zero-order valence-electron chi connectivity index (χ0n) is 16.8. The number of carbonyl (C=O) groups is 1. The molecule has 0 spiro atoms. The topological polar surface area (TPSA) is 109 Å². The Morgan fingerprint density at radius 2 is 1.97 bits per heavy atom. The van der Waals surface area contributed by atoms with Crippen LogP contribution in [0.3, 0.4) is 0 Å². The number of carbonyl (C=O) groups excluding carboxylic acids is 1. The number of nitrogens with one attached hydrogen (secondary N) is 3. The molecule has 0 radical (unpaired) electrons. The van der Waals surface area contributed by atoms with Gasteiger partial charge in [0.05, 0.1) is 17.1 Å². The highest BCUT2D eigenvalue weighted by molar-refractivity contribution is 9.10. The van der Waals surface area contributed by atoms with Crippen molar-refractivity contribution in [3.8, 4) is 5.75 Å². The molecule has 0 aliphatic carbocycles. The van der Waals surface area contributed by atoms with Crippen LogP contribution in [0, 0.1) is 0 Å². The van der Waals surface area contributed by atoms with Gasteiger partial charge in [-0.2, -0.15) is 0 Å². The Bertz CT molecular complexity index is 1200. The number of ether oxygens (including phenoxy) is 1. The van der Waals surface area contributed by atoms with E-state index in [0.717, 1.165) is 10.9 Å². The molecule has 3 rings (SSSR count). The van der Waals surface area contributed by atoms with E-state index in [-0.39, 0.29) is 15.1 Å². The third kappa shape index (κ3) is 6.48. The van der Waals surface area contributed by atoms with Gasteiger partial charge in [-0.3, -0.25) is 14.8 Å². The zero-order valence-corrected chi connectivity index (χ0v) is 20.8. The van der Waals surface area contributed by atoms with Crippen molar-refractivity contribution >= 4 is 71.3 Å². The van der Waals surface area contributed by atoms with Crippen LogP contribution in [0.1, 0.15) is 23.7 Å². The van der Waals surface area contributed by atoms with Gasteiger partial charge in [0, 0.05) is 21.7 Å². The van der Waals surface area contributed by atoms with Gasteiger partial charge in [-0.05, 0) is 61.1 Å². The summed E-state index contributed by atoms with van der Waals surface area (Å²) >= 11 is 9.76. The number of thiazole rings is 1. The SMILES string of the molecule is CCCOc1ccc(Br)cc1C(=O)NC(=S)Nc1ccc(S(=O)(=O)Nc2nccs2)cc1. The number of aromatic nitrogens is 1. The number of anilines is 2. The monoisotopic (exact) mass is 554 g/mol. The summed E-state index contributed by atoms with van der Waals surface area (Å²) < 4.78 is 33.6. The molecule has 3 N–H and O–H groups in total. The number of nitrogens with zero attached hydrogens (tertiary/aromatic N) is 1. The first-order valence-electron chi connectivity index (χ1n) is 9.35. The van der Waals surface area contributed by atoms with Crippen molar-refractivity contribution in [2.45, 2.75) is 18.2 Å². The van der Waals surface area contributed by atoms with Gasteiger partial charge < -0.3 is 10.1 Å². The normalized spacial score (nSPS) is 10.9. The molecule has 8 nitrogen and oxygen atoms in total. The van der Waals surface area contributed by atoms with Gasteiger partial charge in [0.1, 0.15) is 5.75 Å². The molecular formula is C20H19BrN4O4S3. The van der Waals surface area contributed by atoms with E-state index in [1.54, 1.807) is 35.7 Å². The zero-order chi connectivity index (χ0) is 23.1. The minimum Gasteiger partial charge on any atom is -0.493 e. The molecule has 1 amide bonds. The van der Waals surface area contributed by atoms with Gasteiger partial charge in [0.25, 0.3) is 15.9 Å². The van der Waals surface area contributed by atoms with Crippen LogP contribution in [0.4, 0.5) is 10.8 Å². The van der Waals surface area contributed by atoms with Gasteiger partial charge in [0.15, 0.2) is 10.2 Å². The summed E-state index contributed by atoms with van der Waals surface area (Å²) in [4.78, 5) is 16.7. The Morgan fingerprint density at radius 1 is 1.22 bits per heavy atom. The number of hydrogen-bond acceptors (Lipinski definition) is 7. The van der Waals surface area contributed by atoms with E-state index in [9.17, 15) is 13.2 Å². The van der Waals surface area contributed by atoms with Crippen molar-refractivity contribution < 1.29 is 17.9 Å². The van der Waals surface area contributed by atoms with Gasteiger partial charge in [-0.25, -0.2) is 13.4 Å². The van der Waals surface area contributed by atoms with Crippen LogP contribution in [0.25, 0.3) is 0 Å². The van der Waals surface area contributed by atoms with E-state index in [2.05, 4.69) is 36.3 Å². The van der Waals surface area contributed by atoms with Crippen LogP contribution < -0.4 is 20.1 Å². The van der Waals surface area contributed by atoms with Gasteiger partial charge in [0.2, 0.25) is 0 Å². The maximum Gasteiger partial charge on any atom is 0.263 e. The van der Waals surface area contributed by atoms with Crippen LogP contribution in [0.15, 0.2) is 63.4 Å². The first kappa shape index (κ1) is 24.1. The molecule has 3 aromatic rings. The number of sulfonamides is 1. The fourth-order valence-electron chi connectivity index (χ4n) is 2.52. The second-order valence-corrected chi connectivity index (χ2v) is 10.3. The molecule has 1 aromatic heterocycles. The van der Waals surface area contributed by atoms with Gasteiger partial charge >= 0.3 is 0 Å². The average Bonchev–Trinajstić information content (AvgIpc) is 3.25. The standard InChI is InChI=1S/C20H19BrN4O4S3/c1-2-10-29-17-8-3-13(21)12-16(17)18(26)24-19(30)23-14-4-6-15(7-5-14)32(27,28)25-20-22-9-11-31-20/h3-9,11-12H,2,10H2,1H3,(H,22,25)(H2,23,24,26,30). The van der Waals surface area contributed by atoms with E-state index < -0.39 is 15.9 Å². The van der Waals surface area contributed by atoms with Gasteiger partial charge in [-0.15, -0.1) is 11.3 Å². The van der Waals surface area contributed by atoms with Crippen molar-refractivity contribution in [2.24, 2.45) is 0 Å². The highest BCUT2D eigenvalue weighted by atomic mass is 79.9. The van der Waals surface area contributed by atoms with Crippen molar-refractivity contribution in [2.75, 3.05) is 16.6 Å². The molecular weight excluding hydrogens is 536 g/mol. The molecule has 168 valence electrons. The molecule has 0 bridgehead atoms. The fraction of sp³-hybridized carbons (Fsp3) is 0.150. The predicted octanol–water partition coefficient (Wildman–Crippen LogP) is 4.62. The minimum atomic E-state index is -3.75. The number of thiocarbonyl (C=S) groups is 1. The summed E-state index contributed by atoms with van der Waals surface area (Å²) in [6.45, 7) is 2.46. The first-order chi connectivity index (χ1) is 15.3. The molecule has 0 atom stereocenters. The van der Waals surface area contributed by atoms with Crippen LogP contribution in [0.2, 0.25) is 0 Å². The Kier molecular flexibility index (Phi) is 8.18. The van der Waals surface area contributed by atoms with Crippen LogP contribution in [0.5, 0.6) is 5.75 Å². The third-order valence-corrected chi connectivity index (χ3v) is 6.82. The number of rotatable bonds is 8. The summed E-state index contributed by atoms with van der Waals surface area (Å²) in [6.07, 6.45) is 2.32. The lowest BCUT2D eigenvalue weighted by molar-refractivity contribution is 0.0973. The number of benzene rings is 2. The summed E-state index contributed by atoms with van der Waals surface area (Å²) in [5.74, 6) is 0.0272. The molecule has 0 aliphatic heterocycles.